The molecule has 376 valence electrons. The van der Waals surface area contributed by atoms with Crippen LogP contribution in [0.2, 0.25) is 0 Å². The molecule has 0 fully saturated rings. The van der Waals surface area contributed by atoms with Crippen LogP contribution in [-0.2, 0) is 44.8 Å². The number of nitrogens with zero attached hydrogens (tertiary/aromatic N) is 2. The predicted molar refractivity (Wildman–Crippen MR) is 250 cm³/mol. The van der Waals surface area contributed by atoms with Crippen molar-refractivity contribution in [2.24, 2.45) is 56.0 Å². The Morgan fingerprint density at radius 3 is 1.31 bits per heavy atom. The number of rotatable bonds is 31. The molecule has 0 aliphatic rings. The van der Waals surface area contributed by atoms with Crippen molar-refractivity contribution in [2.45, 2.75) is 141 Å². The standard InChI is InChI=1S/C42H73FN16O8/c1-22(2)20-32(40(67)54-25(5)36(63)58-31(33(46)60)21-26-13-15-27(43)16-14-26)59-39(66)30(12-9-19-52-42(49)50)57-38(65)29(11-8-18-51-41(47)48)56-37(64)28(10-6-7-17-44)55-35(62)24(4)53-34(61)23(3)45/h13-16,22-25,28-32H,6-12,17-21,44-45H2,1-5H3,(H2,46,60)(H,53,61)(H,54,67)(H,55,62)(H,56,64)(H,57,65)(H,58,63)(H,59,66)(H4,47,48,51)(H4,49,50,52)/t23-,24-,25-,28-,29-,30-,31-,32-/m0/s1. The molecule has 1 aromatic rings. The van der Waals surface area contributed by atoms with Crippen LogP contribution in [0.15, 0.2) is 34.3 Å². The zero-order chi connectivity index (χ0) is 50.8. The lowest BCUT2D eigenvalue weighted by molar-refractivity contribution is -0.136. The number of nitrogens with one attached hydrogen (secondary N) is 7. The Balaban J connectivity index is 3.41. The van der Waals surface area contributed by atoms with Gasteiger partial charge in [0.15, 0.2) is 11.9 Å². The van der Waals surface area contributed by atoms with Crippen molar-refractivity contribution in [3.05, 3.63) is 35.6 Å². The van der Waals surface area contributed by atoms with Gasteiger partial charge in [0.25, 0.3) is 0 Å². The molecule has 0 heterocycles. The van der Waals surface area contributed by atoms with Crippen molar-refractivity contribution in [3.63, 3.8) is 0 Å². The lowest BCUT2D eigenvalue weighted by atomic mass is 10.0. The van der Waals surface area contributed by atoms with Gasteiger partial charge < -0.3 is 77.4 Å². The largest absolute Gasteiger partial charge is 0.370 e. The molecule has 0 radical (unpaired) electrons. The normalized spacial score (nSPS) is 14.5. The van der Waals surface area contributed by atoms with Gasteiger partial charge in [-0.3, -0.25) is 48.3 Å². The number of halogens is 1. The third kappa shape index (κ3) is 23.9. The fourth-order valence-corrected chi connectivity index (χ4v) is 6.29. The van der Waals surface area contributed by atoms with E-state index in [1.165, 1.54) is 45.0 Å². The molecular formula is C42H73FN16O8. The van der Waals surface area contributed by atoms with Crippen LogP contribution in [0.25, 0.3) is 0 Å². The molecule has 67 heavy (non-hydrogen) atoms. The minimum Gasteiger partial charge on any atom is -0.370 e. The molecular weight excluding hydrogens is 876 g/mol. The highest BCUT2D eigenvalue weighted by Crippen LogP contribution is 2.11. The molecule has 0 aliphatic heterocycles. The van der Waals surface area contributed by atoms with E-state index in [0.29, 0.717) is 24.9 Å². The minimum atomic E-state index is -1.33. The van der Waals surface area contributed by atoms with Gasteiger partial charge in [0.05, 0.1) is 6.04 Å². The number of hydrogen-bond acceptors (Lipinski definition) is 12. The summed E-state index contributed by atoms with van der Waals surface area (Å²) in [4.78, 5) is 114. The van der Waals surface area contributed by atoms with E-state index >= 15 is 0 Å². The molecule has 0 bridgehead atoms. The maximum absolute atomic E-state index is 14.2. The van der Waals surface area contributed by atoms with E-state index in [0.717, 1.165) is 0 Å². The SMILES string of the molecule is CC(C)C[C@H](NC(=O)[C@H](CCCN=C(N)N)NC(=O)[C@H](CCCN=C(N)N)NC(=O)[C@H](CCCCN)NC(=O)[C@H](C)NC(=O)[C@H](C)N)C(=O)N[C@@H](C)C(=O)N[C@@H](Cc1ccc(F)cc1)C(N)=O. The summed E-state index contributed by atoms with van der Waals surface area (Å²) >= 11 is 0. The quantitative estimate of drug-likeness (QED) is 0.0191. The topological polar surface area (TPSA) is 428 Å². The highest BCUT2D eigenvalue weighted by atomic mass is 19.1. The lowest BCUT2D eigenvalue weighted by Gasteiger charge is -2.28. The molecule has 0 unspecified atom stereocenters. The lowest BCUT2D eigenvalue weighted by Crippen LogP contribution is -2.60. The first-order valence-corrected chi connectivity index (χ1v) is 22.2. The molecule has 8 amide bonds. The van der Waals surface area contributed by atoms with Crippen LogP contribution in [0.4, 0.5) is 4.39 Å². The number of carbonyl (C=O) groups excluding carboxylic acids is 8. The molecule has 21 N–H and O–H groups in total. The van der Waals surface area contributed by atoms with Crippen LogP contribution in [0.5, 0.6) is 0 Å². The summed E-state index contributed by atoms with van der Waals surface area (Å²) in [7, 11) is 0. The summed E-state index contributed by atoms with van der Waals surface area (Å²) in [5, 5.41) is 18.1. The number of unbranched alkanes of at least 4 members (excludes halogenated alkanes) is 1. The van der Waals surface area contributed by atoms with Crippen molar-refractivity contribution in [2.75, 3.05) is 19.6 Å². The minimum absolute atomic E-state index is 0.0418. The summed E-state index contributed by atoms with van der Waals surface area (Å²) in [6, 6.07) is -4.22. The van der Waals surface area contributed by atoms with E-state index in [9.17, 15) is 42.7 Å². The number of nitrogens with two attached hydrogens (primary N) is 7. The van der Waals surface area contributed by atoms with E-state index in [-0.39, 0.29) is 75.9 Å². The average Bonchev–Trinajstić information content (AvgIpc) is 3.24. The fraction of sp³-hybridized carbons (Fsp3) is 0.619. The first-order chi connectivity index (χ1) is 31.4. The number of carbonyl (C=O) groups is 8. The summed E-state index contributed by atoms with van der Waals surface area (Å²) < 4.78 is 13.4. The van der Waals surface area contributed by atoms with E-state index in [2.05, 4.69) is 47.2 Å². The maximum atomic E-state index is 14.2. The number of amides is 8. The van der Waals surface area contributed by atoms with Crippen LogP contribution in [0.3, 0.4) is 0 Å². The number of hydrogen-bond donors (Lipinski definition) is 14. The van der Waals surface area contributed by atoms with E-state index < -0.39 is 101 Å². The Morgan fingerprint density at radius 1 is 0.522 bits per heavy atom. The third-order valence-corrected chi connectivity index (χ3v) is 10.0. The van der Waals surface area contributed by atoms with Gasteiger partial charge in [0.1, 0.15) is 48.1 Å². The zero-order valence-corrected chi connectivity index (χ0v) is 39.1. The zero-order valence-electron chi connectivity index (χ0n) is 39.1. The second-order valence-corrected chi connectivity index (χ2v) is 16.6. The highest BCUT2D eigenvalue weighted by molar-refractivity contribution is 5.97. The average molecular weight is 949 g/mol. The number of benzene rings is 1. The molecule has 0 aliphatic carbocycles. The monoisotopic (exact) mass is 949 g/mol. The second kappa shape index (κ2) is 30.6. The van der Waals surface area contributed by atoms with Crippen molar-refractivity contribution >= 4 is 59.2 Å². The summed E-state index contributed by atoms with van der Waals surface area (Å²) in [6.45, 7) is 8.23. The Bertz CT molecular complexity index is 1860. The van der Waals surface area contributed by atoms with E-state index in [1.54, 1.807) is 13.8 Å². The van der Waals surface area contributed by atoms with Gasteiger partial charge in [0, 0.05) is 19.5 Å². The molecule has 0 aromatic heterocycles. The first-order valence-electron chi connectivity index (χ1n) is 22.2. The molecule has 8 atom stereocenters. The van der Waals surface area contributed by atoms with Crippen molar-refractivity contribution in [3.8, 4) is 0 Å². The van der Waals surface area contributed by atoms with Gasteiger partial charge in [-0.05, 0) is 102 Å². The van der Waals surface area contributed by atoms with E-state index in [1.807, 2.05) is 0 Å². The predicted octanol–water partition coefficient (Wildman–Crippen LogP) is -4.08. The van der Waals surface area contributed by atoms with Crippen LogP contribution in [0, 0.1) is 11.7 Å². The Labute approximate surface area is 390 Å². The van der Waals surface area contributed by atoms with Gasteiger partial charge in [0.2, 0.25) is 47.3 Å². The number of primary amides is 1. The van der Waals surface area contributed by atoms with Gasteiger partial charge in [-0.1, -0.05) is 26.0 Å². The van der Waals surface area contributed by atoms with Gasteiger partial charge in [-0.2, -0.15) is 0 Å². The number of guanidine groups is 2. The highest BCUT2D eigenvalue weighted by Gasteiger charge is 2.33. The third-order valence-electron chi connectivity index (χ3n) is 10.0. The Hall–Kier alpha value is -6.63. The van der Waals surface area contributed by atoms with Crippen molar-refractivity contribution < 1.29 is 42.7 Å². The molecule has 25 heteroatoms. The Kier molecular flexibility index (Phi) is 26.6. The van der Waals surface area contributed by atoms with Gasteiger partial charge in [-0.15, -0.1) is 0 Å². The smallest absolute Gasteiger partial charge is 0.243 e. The fourth-order valence-electron chi connectivity index (χ4n) is 6.29. The number of aliphatic imine (C=N–C) groups is 2. The maximum Gasteiger partial charge on any atom is 0.243 e. The molecule has 1 rings (SSSR count). The van der Waals surface area contributed by atoms with E-state index in [4.69, 9.17) is 40.1 Å². The summed E-state index contributed by atoms with van der Waals surface area (Å²) in [5.41, 5.74) is 39.3. The molecule has 0 saturated heterocycles. The van der Waals surface area contributed by atoms with Crippen LogP contribution < -0.4 is 77.4 Å². The summed E-state index contributed by atoms with van der Waals surface area (Å²) in [6.07, 6.45) is 1.32. The van der Waals surface area contributed by atoms with Crippen LogP contribution in [0.1, 0.15) is 91.5 Å². The van der Waals surface area contributed by atoms with Crippen LogP contribution >= 0.6 is 0 Å². The Morgan fingerprint density at radius 2 is 0.910 bits per heavy atom. The first kappa shape index (κ1) is 58.4. The molecule has 0 spiro atoms. The van der Waals surface area contributed by atoms with Gasteiger partial charge >= 0.3 is 0 Å². The van der Waals surface area contributed by atoms with Crippen molar-refractivity contribution in [1.29, 1.82) is 0 Å². The molecule has 0 saturated carbocycles. The second-order valence-electron chi connectivity index (χ2n) is 16.6. The molecule has 24 nitrogen and oxygen atoms in total. The van der Waals surface area contributed by atoms with Gasteiger partial charge in [-0.25, -0.2) is 4.39 Å². The van der Waals surface area contributed by atoms with Crippen molar-refractivity contribution in [1.82, 2.24) is 37.2 Å². The molecule has 1 aromatic carbocycles. The summed E-state index contributed by atoms with van der Waals surface area (Å²) in [5.74, 6) is -7.13. The van der Waals surface area contributed by atoms with Crippen LogP contribution in [-0.4, -0.2) is 127 Å².